The number of carbonyl (C=O) groups is 1. The van der Waals surface area contributed by atoms with E-state index in [9.17, 15) is 4.79 Å². The standard InChI is InChI=1S/C16H18BrN5O/c17-12-2-1-3-13(8-12)19-16(23)21-7-6-14(9-21)22-10-18-20-15(22)11-4-5-11/h1-3,8,10-11,14H,4-7,9H2,(H,19,23). The number of rotatable bonds is 3. The molecule has 120 valence electrons. The summed E-state index contributed by atoms with van der Waals surface area (Å²) in [4.78, 5) is 14.3. The third-order valence-electron chi connectivity index (χ3n) is 4.46. The molecule has 1 atom stereocenters. The Morgan fingerprint density at radius 2 is 2.17 bits per heavy atom. The second kappa shape index (κ2) is 5.96. The Hall–Kier alpha value is -1.89. The van der Waals surface area contributed by atoms with Gasteiger partial charge in [0.2, 0.25) is 0 Å². The zero-order valence-corrected chi connectivity index (χ0v) is 14.2. The highest BCUT2D eigenvalue weighted by Gasteiger charge is 2.34. The number of carbonyl (C=O) groups excluding carboxylic acids is 1. The van der Waals surface area contributed by atoms with E-state index in [1.165, 1.54) is 12.8 Å². The van der Waals surface area contributed by atoms with E-state index < -0.39 is 0 Å². The molecule has 1 saturated heterocycles. The summed E-state index contributed by atoms with van der Waals surface area (Å²) < 4.78 is 3.12. The number of benzene rings is 1. The molecular formula is C16H18BrN5O. The molecule has 4 rings (SSSR count). The number of amides is 2. The average Bonchev–Trinajstić information content (AvgIpc) is 3.07. The molecule has 0 bridgehead atoms. The predicted molar refractivity (Wildman–Crippen MR) is 90.4 cm³/mol. The van der Waals surface area contributed by atoms with Crippen molar-refractivity contribution in [2.45, 2.75) is 31.2 Å². The van der Waals surface area contributed by atoms with Crippen LogP contribution in [0.4, 0.5) is 10.5 Å². The largest absolute Gasteiger partial charge is 0.322 e. The zero-order chi connectivity index (χ0) is 15.8. The molecule has 1 aliphatic heterocycles. The van der Waals surface area contributed by atoms with E-state index >= 15 is 0 Å². The minimum absolute atomic E-state index is 0.0494. The molecule has 2 fully saturated rings. The molecule has 23 heavy (non-hydrogen) atoms. The topological polar surface area (TPSA) is 63.1 Å². The fourth-order valence-electron chi connectivity index (χ4n) is 3.09. The SMILES string of the molecule is O=C(Nc1cccc(Br)c1)N1CCC(n2cnnc2C2CC2)C1. The summed E-state index contributed by atoms with van der Waals surface area (Å²) in [5.41, 5.74) is 0.802. The Kier molecular flexibility index (Phi) is 3.80. The van der Waals surface area contributed by atoms with E-state index in [-0.39, 0.29) is 12.1 Å². The average molecular weight is 376 g/mol. The van der Waals surface area contributed by atoms with E-state index in [0.717, 1.165) is 29.0 Å². The third kappa shape index (κ3) is 3.10. The Morgan fingerprint density at radius 3 is 2.96 bits per heavy atom. The first-order valence-corrected chi connectivity index (χ1v) is 8.71. The quantitative estimate of drug-likeness (QED) is 0.893. The van der Waals surface area contributed by atoms with Gasteiger partial charge in [0.15, 0.2) is 0 Å². The lowest BCUT2D eigenvalue weighted by Gasteiger charge is -2.18. The smallest absolute Gasteiger partial charge is 0.321 e. The number of anilines is 1. The molecule has 2 aliphatic rings. The molecule has 0 spiro atoms. The molecule has 7 heteroatoms. The minimum Gasteiger partial charge on any atom is -0.322 e. The summed E-state index contributed by atoms with van der Waals surface area (Å²) in [6.07, 6.45) is 5.18. The third-order valence-corrected chi connectivity index (χ3v) is 4.96. The van der Waals surface area contributed by atoms with E-state index in [1.807, 2.05) is 35.5 Å². The molecule has 1 aromatic carbocycles. The van der Waals surface area contributed by atoms with Crippen LogP contribution in [0.1, 0.15) is 37.0 Å². The number of aromatic nitrogens is 3. The van der Waals surface area contributed by atoms with Gasteiger partial charge in [-0.05, 0) is 37.5 Å². The van der Waals surface area contributed by atoms with Crippen molar-refractivity contribution in [2.24, 2.45) is 0 Å². The Morgan fingerprint density at radius 1 is 1.30 bits per heavy atom. The number of hydrogen-bond acceptors (Lipinski definition) is 3. The molecule has 2 heterocycles. The normalized spacial score (nSPS) is 20.7. The number of likely N-dealkylation sites (tertiary alicyclic amines) is 1. The summed E-state index contributed by atoms with van der Waals surface area (Å²) >= 11 is 3.42. The van der Waals surface area contributed by atoms with Crippen LogP contribution >= 0.6 is 15.9 Å². The summed E-state index contributed by atoms with van der Waals surface area (Å²) in [6.45, 7) is 1.46. The number of hydrogen-bond donors (Lipinski definition) is 1. The maximum atomic E-state index is 12.4. The van der Waals surface area contributed by atoms with Gasteiger partial charge in [0.05, 0.1) is 6.04 Å². The monoisotopic (exact) mass is 375 g/mol. The van der Waals surface area contributed by atoms with Crippen LogP contribution in [-0.4, -0.2) is 38.8 Å². The molecule has 1 unspecified atom stereocenters. The molecule has 6 nitrogen and oxygen atoms in total. The van der Waals surface area contributed by atoms with Crippen molar-refractivity contribution < 1.29 is 4.79 Å². The van der Waals surface area contributed by atoms with E-state index in [1.54, 1.807) is 0 Å². The number of nitrogens with zero attached hydrogens (tertiary/aromatic N) is 4. The fraction of sp³-hybridized carbons (Fsp3) is 0.438. The highest BCUT2D eigenvalue weighted by atomic mass is 79.9. The Labute approximate surface area is 143 Å². The highest BCUT2D eigenvalue weighted by Crippen LogP contribution is 2.40. The van der Waals surface area contributed by atoms with Crippen LogP contribution in [0, 0.1) is 0 Å². The van der Waals surface area contributed by atoms with Gasteiger partial charge in [0.1, 0.15) is 12.2 Å². The first kappa shape index (κ1) is 14.7. The summed E-state index contributed by atoms with van der Waals surface area (Å²) in [6, 6.07) is 7.87. The van der Waals surface area contributed by atoms with Crippen molar-refractivity contribution >= 4 is 27.6 Å². The van der Waals surface area contributed by atoms with Gasteiger partial charge in [0, 0.05) is 29.2 Å². The van der Waals surface area contributed by atoms with Gasteiger partial charge in [0.25, 0.3) is 0 Å². The van der Waals surface area contributed by atoms with E-state index in [4.69, 9.17) is 0 Å². The van der Waals surface area contributed by atoms with Gasteiger partial charge in [-0.25, -0.2) is 4.79 Å². The minimum atomic E-state index is -0.0494. The van der Waals surface area contributed by atoms with Gasteiger partial charge < -0.3 is 14.8 Å². The van der Waals surface area contributed by atoms with Crippen molar-refractivity contribution in [3.63, 3.8) is 0 Å². The van der Waals surface area contributed by atoms with Gasteiger partial charge in [-0.15, -0.1) is 10.2 Å². The lowest BCUT2D eigenvalue weighted by Crippen LogP contribution is -2.33. The van der Waals surface area contributed by atoms with Gasteiger partial charge >= 0.3 is 6.03 Å². The summed E-state index contributed by atoms with van der Waals surface area (Å²) in [7, 11) is 0. The summed E-state index contributed by atoms with van der Waals surface area (Å²) in [5.74, 6) is 1.66. The first-order chi connectivity index (χ1) is 11.2. The van der Waals surface area contributed by atoms with E-state index in [0.29, 0.717) is 12.5 Å². The lowest BCUT2D eigenvalue weighted by molar-refractivity contribution is 0.221. The fourth-order valence-corrected chi connectivity index (χ4v) is 3.49. The second-order valence-corrected chi connectivity index (χ2v) is 7.12. The molecule has 1 N–H and O–H groups in total. The van der Waals surface area contributed by atoms with Crippen LogP contribution in [0.25, 0.3) is 0 Å². The van der Waals surface area contributed by atoms with Gasteiger partial charge in [-0.2, -0.15) is 0 Å². The van der Waals surface area contributed by atoms with Gasteiger partial charge in [-0.1, -0.05) is 22.0 Å². The Balaban J connectivity index is 1.41. The number of urea groups is 1. The van der Waals surface area contributed by atoms with Crippen LogP contribution in [0.5, 0.6) is 0 Å². The first-order valence-electron chi connectivity index (χ1n) is 7.91. The number of halogens is 1. The van der Waals surface area contributed by atoms with Crippen LogP contribution in [0.2, 0.25) is 0 Å². The van der Waals surface area contributed by atoms with E-state index in [2.05, 4.69) is 36.0 Å². The second-order valence-electron chi connectivity index (χ2n) is 6.20. The lowest BCUT2D eigenvalue weighted by atomic mass is 10.2. The van der Waals surface area contributed by atoms with Crippen molar-refractivity contribution in [3.8, 4) is 0 Å². The van der Waals surface area contributed by atoms with Crippen molar-refractivity contribution in [1.82, 2.24) is 19.7 Å². The predicted octanol–water partition coefficient (Wildman–Crippen LogP) is 3.40. The maximum absolute atomic E-state index is 12.4. The Bertz CT molecular complexity index is 727. The molecule has 2 aromatic rings. The molecule has 1 aromatic heterocycles. The molecule has 1 aliphatic carbocycles. The number of nitrogens with one attached hydrogen (secondary N) is 1. The van der Waals surface area contributed by atoms with Crippen LogP contribution < -0.4 is 5.32 Å². The molecule has 1 saturated carbocycles. The zero-order valence-electron chi connectivity index (χ0n) is 12.7. The molecular weight excluding hydrogens is 358 g/mol. The maximum Gasteiger partial charge on any atom is 0.321 e. The summed E-state index contributed by atoms with van der Waals surface area (Å²) in [5, 5.41) is 11.3. The van der Waals surface area contributed by atoms with Crippen molar-refractivity contribution in [2.75, 3.05) is 18.4 Å². The van der Waals surface area contributed by atoms with Crippen molar-refractivity contribution in [1.29, 1.82) is 0 Å². The van der Waals surface area contributed by atoms with Crippen LogP contribution in [0.3, 0.4) is 0 Å². The van der Waals surface area contributed by atoms with Crippen LogP contribution in [0.15, 0.2) is 35.1 Å². The van der Waals surface area contributed by atoms with Crippen molar-refractivity contribution in [3.05, 3.63) is 40.9 Å². The van der Waals surface area contributed by atoms with Crippen LogP contribution in [-0.2, 0) is 0 Å². The molecule has 0 radical (unpaired) electrons. The molecule has 2 amide bonds. The van der Waals surface area contributed by atoms with Gasteiger partial charge in [-0.3, -0.25) is 0 Å². The highest BCUT2D eigenvalue weighted by molar-refractivity contribution is 9.10.